The van der Waals surface area contributed by atoms with Crippen LogP contribution in [0.3, 0.4) is 0 Å². The van der Waals surface area contributed by atoms with Gasteiger partial charge in [-0.15, -0.1) is 0 Å². The average molecular weight is 1490 g/mol. The highest BCUT2D eigenvalue weighted by Crippen LogP contribution is 2.37. The number of likely N-dealkylation sites (N-methyl/N-ethyl adjacent to an activating group) is 6. The summed E-state index contributed by atoms with van der Waals surface area (Å²) in [6, 6.07) is -8.25. The number of alkyl halides is 6. The Hall–Kier alpha value is -8.48. The molecule has 0 bridgehead atoms. The van der Waals surface area contributed by atoms with Gasteiger partial charge in [0.15, 0.2) is 0 Å². The van der Waals surface area contributed by atoms with Gasteiger partial charge in [-0.2, -0.15) is 26.3 Å². The maximum absolute atomic E-state index is 15.5. The largest absolute Gasteiger partial charge is 0.422 e. The second kappa shape index (κ2) is 34.8. The maximum Gasteiger partial charge on any atom is 0.422 e. The topological polar surface area (TPSA) is 270 Å². The number of rotatable bonds is 12. The van der Waals surface area contributed by atoms with Gasteiger partial charge in [-0.1, -0.05) is 79.4 Å². The molecule has 4 heterocycles. The van der Waals surface area contributed by atoms with Crippen LogP contribution in [-0.2, 0) is 82.7 Å². The first-order valence-corrected chi connectivity index (χ1v) is 36.2. The van der Waals surface area contributed by atoms with E-state index in [0.717, 1.165) is 55.8 Å². The van der Waals surface area contributed by atoms with Gasteiger partial charge in [-0.05, 0) is 124 Å². The van der Waals surface area contributed by atoms with Gasteiger partial charge in [0, 0.05) is 74.9 Å². The van der Waals surface area contributed by atoms with Gasteiger partial charge in [0.05, 0.1) is 18.5 Å². The fourth-order valence-electron chi connectivity index (χ4n) is 14.8. The van der Waals surface area contributed by atoms with Crippen molar-refractivity contribution in [2.75, 3.05) is 75.0 Å². The zero-order chi connectivity index (χ0) is 78.2. The van der Waals surface area contributed by atoms with E-state index in [1.807, 2.05) is 13.8 Å². The van der Waals surface area contributed by atoms with Crippen LogP contribution in [0.1, 0.15) is 161 Å². The van der Waals surface area contributed by atoms with E-state index in [1.165, 1.54) is 61.8 Å². The fraction of sp³-hybridized carbons (Fsp3) is 0.671. The van der Waals surface area contributed by atoms with Crippen LogP contribution in [0.15, 0.2) is 36.4 Å². The maximum atomic E-state index is 15.5. The average Bonchev–Trinajstić information content (AvgIpc) is 1.64. The summed E-state index contributed by atoms with van der Waals surface area (Å²) in [5.41, 5.74) is -5.19. The first kappa shape index (κ1) is 83.8. The minimum atomic E-state index is -5.44. The second-order valence-electron chi connectivity index (χ2n) is 29.5. The van der Waals surface area contributed by atoms with Crippen LogP contribution in [0.4, 0.5) is 35.1 Å². The van der Waals surface area contributed by atoms with E-state index in [4.69, 9.17) is 0 Å². The summed E-state index contributed by atoms with van der Waals surface area (Å²) in [6.45, 7) is 11.5. The van der Waals surface area contributed by atoms with Crippen molar-refractivity contribution in [1.29, 1.82) is 0 Å². The smallest absolute Gasteiger partial charge is 0.343 e. The summed E-state index contributed by atoms with van der Waals surface area (Å²) in [4.78, 5) is 190. The molecular weight excluding hydrogens is 1390 g/mol. The minimum absolute atomic E-state index is 0.0133. The zero-order valence-electron chi connectivity index (χ0n) is 62.2. The van der Waals surface area contributed by atoms with E-state index in [1.54, 1.807) is 27.7 Å². The summed E-state index contributed by atoms with van der Waals surface area (Å²) < 4.78 is 113. The van der Waals surface area contributed by atoms with Crippen LogP contribution in [0.25, 0.3) is 0 Å². The molecule has 0 unspecified atom stereocenters. The van der Waals surface area contributed by atoms with Gasteiger partial charge in [0.1, 0.15) is 77.1 Å². The highest BCUT2D eigenvalue weighted by molar-refractivity contribution is 6.01. The number of amides is 12. The summed E-state index contributed by atoms with van der Waals surface area (Å²) in [6.07, 6.45) is -9.38. The van der Waals surface area contributed by atoms with E-state index in [9.17, 15) is 59.9 Å². The molecule has 1 aliphatic carbocycles. The second-order valence-corrected chi connectivity index (χ2v) is 29.5. The van der Waals surface area contributed by atoms with Gasteiger partial charge >= 0.3 is 12.4 Å². The summed E-state index contributed by atoms with van der Waals surface area (Å²) in [5, 5.41) is 8.31. The van der Waals surface area contributed by atoms with Crippen LogP contribution in [0.2, 0.25) is 0 Å². The molecule has 5 fully saturated rings. The molecule has 4 saturated heterocycles. The molecule has 4 aliphatic heterocycles. The predicted octanol–water partition coefficient (Wildman–Crippen LogP) is 5.95. The van der Waals surface area contributed by atoms with Gasteiger partial charge < -0.3 is 60.0 Å². The van der Waals surface area contributed by atoms with Crippen LogP contribution >= 0.6 is 0 Å². The Labute approximate surface area is 607 Å². The number of nitrogens with one attached hydrogen (secondary N) is 3. The Kier molecular flexibility index (Phi) is 27.8. The molecule has 12 amide bonds. The van der Waals surface area contributed by atoms with Crippen LogP contribution in [0.5, 0.6) is 0 Å². The lowest BCUT2D eigenvalue weighted by Gasteiger charge is -2.45. The molecule has 582 valence electrons. The molecule has 1 saturated carbocycles. The number of hydrogen-bond donors (Lipinski definition) is 3. The van der Waals surface area contributed by atoms with E-state index in [-0.39, 0.29) is 68.7 Å². The van der Waals surface area contributed by atoms with E-state index < -0.39 is 210 Å². The Balaban J connectivity index is 1.32. The Morgan fingerprint density at radius 3 is 1.72 bits per heavy atom. The Morgan fingerprint density at radius 2 is 1.18 bits per heavy atom. The molecule has 1 spiro atoms. The van der Waals surface area contributed by atoms with Crippen LogP contribution < -0.4 is 16.0 Å². The first-order chi connectivity index (χ1) is 49.1. The van der Waals surface area contributed by atoms with E-state index in [0.29, 0.717) is 63.7 Å². The molecule has 3 N–H and O–H groups in total. The fourth-order valence-corrected chi connectivity index (χ4v) is 14.8. The molecule has 2 aromatic carbocycles. The monoisotopic (exact) mass is 1490 g/mol. The third-order valence-electron chi connectivity index (χ3n) is 21.9. The lowest BCUT2D eigenvalue weighted by Crippen LogP contribution is -2.65. The number of likely N-dealkylation sites (tertiary alicyclic amines) is 1. The van der Waals surface area contributed by atoms with Gasteiger partial charge in [-0.3, -0.25) is 57.5 Å². The number of benzene rings is 2. The summed E-state index contributed by atoms with van der Waals surface area (Å²) >= 11 is 0. The molecule has 0 radical (unpaired) electrons. The van der Waals surface area contributed by atoms with Gasteiger partial charge in [0.2, 0.25) is 70.9 Å². The number of carbonyl (C=O) groups excluding carboxylic acids is 12. The van der Waals surface area contributed by atoms with E-state index >= 15 is 32.8 Å². The highest BCUT2D eigenvalue weighted by atomic mass is 19.4. The van der Waals surface area contributed by atoms with Gasteiger partial charge in [0.25, 0.3) is 0 Å². The lowest BCUT2D eigenvalue weighted by molar-refractivity contribution is -0.160. The quantitative estimate of drug-likeness (QED) is 0.208. The van der Waals surface area contributed by atoms with Crippen molar-refractivity contribution in [1.82, 2.24) is 60.0 Å². The Bertz CT molecular complexity index is 3530. The highest BCUT2D eigenvalue weighted by Gasteiger charge is 2.52. The van der Waals surface area contributed by atoms with Crippen LogP contribution in [-0.4, -0.2) is 250 Å². The number of halogens is 8. The predicted molar refractivity (Wildman–Crippen MR) is 368 cm³/mol. The third-order valence-corrected chi connectivity index (χ3v) is 21.9. The lowest BCUT2D eigenvalue weighted by atomic mass is 9.90. The molecule has 7 rings (SSSR count). The molecular formula is C73H102F8N12O12. The number of fused-ring (bicyclic) bond motifs is 2. The number of aryl methyl sites for hydroxylation is 1. The zero-order valence-corrected chi connectivity index (χ0v) is 62.2. The first-order valence-electron chi connectivity index (χ1n) is 36.2. The number of hydrogen-bond acceptors (Lipinski definition) is 12. The van der Waals surface area contributed by atoms with Crippen molar-refractivity contribution in [2.24, 2.45) is 17.8 Å². The SMILES string of the molecule is CC[C@H](C)[C@@H]1NC(=O)[C@H](CC(C)C)N(C)C(=O)C[C@@H](C(=O)N2CCCC2)N(C)C(=O)[C@H]([C@@H](C)CC)N(C)C(=O)C2(CCCC2)NC(=O)[C@@H]2CCCN2C(=O)[C@H](CCc2cc(F)c(C(F)(F)F)c(F)c2)NC(=O)CN(C)C(=O)[C@H](Cc2ccc(C(F)(F)F)cc2)N(C)C(=O)[C@@H]2CCN2C(=O)[C@H](C)N(C)C1=O. The molecule has 0 aromatic heterocycles. The van der Waals surface area contributed by atoms with Gasteiger partial charge in [-0.25, -0.2) is 8.78 Å². The van der Waals surface area contributed by atoms with Crippen molar-refractivity contribution in [3.05, 3.63) is 70.3 Å². The minimum Gasteiger partial charge on any atom is -0.343 e. The summed E-state index contributed by atoms with van der Waals surface area (Å²) in [7, 11) is 7.80. The molecule has 2 aromatic rings. The third kappa shape index (κ3) is 19.2. The molecule has 11 atom stereocenters. The van der Waals surface area contributed by atoms with Crippen molar-refractivity contribution < 1.29 is 92.7 Å². The standard InChI is InChI=1S/C73H102F8N12O12/c1-14-42(5)59-68(103)86(9)44(7)63(98)93-34-28-52(93)66(101)88(11)54(38-45-22-25-47(26-23-45)72(76,77)78)65(100)85(8)40-56(94)82-50(27-24-46-36-48(74)58(49(75)37-46)73(79,80)81)64(99)92-33-20-21-51(92)62(97)84-71(29-16-17-30-71)70(105)90(13)60(43(6)15-2)69(104)89(12)55(67(102)91-31-18-19-32-91)39-57(95)87(10)53(35-41(3)4)61(96)83-59/h22-23,25-26,36-37,41-44,50-55,59-60H,14-21,24,27-35,38-40H2,1-13H3,(H,82,94)(H,83,96)(H,84,97)/t42-,43-,44-,50-,51-,52-,53-,54-,55-,59-,60-/m0/s1. The Morgan fingerprint density at radius 1 is 0.590 bits per heavy atom. The molecule has 105 heavy (non-hydrogen) atoms. The van der Waals surface area contributed by atoms with Crippen molar-refractivity contribution in [2.45, 2.75) is 223 Å². The normalized spacial score (nSPS) is 26.3. The number of nitrogens with zero attached hydrogens (tertiary/aromatic N) is 9. The van der Waals surface area contributed by atoms with Crippen LogP contribution in [0, 0.1) is 29.4 Å². The number of carbonyl (C=O) groups is 12. The van der Waals surface area contributed by atoms with Crippen molar-refractivity contribution in [3.63, 3.8) is 0 Å². The molecule has 5 aliphatic rings. The summed E-state index contributed by atoms with van der Waals surface area (Å²) in [5.74, 6) is -15.0. The molecule has 24 nitrogen and oxygen atoms in total. The molecule has 32 heteroatoms. The van der Waals surface area contributed by atoms with Crippen molar-refractivity contribution in [3.8, 4) is 0 Å². The van der Waals surface area contributed by atoms with E-state index in [2.05, 4.69) is 16.0 Å². The van der Waals surface area contributed by atoms with Crippen molar-refractivity contribution >= 4 is 70.9 Å².